The van der Waals surface area contributed by atoms with Crippen molar-refractivity contribution in [1.82, 2.24) is 0 Å². The zero-order valence-electron chi connectivity index (χ0n) is 11.0. The quantitative estimate of drug-likeness (QED) is 0.864. The number of nitrogens with zero attached hydrogens (tertiary/aromatic N) is 1. The fourth-order valence-corrected chi connectivity index (χ4v) is 2.63. The molecule has 1 aliphatic rings. The first-order chi connectivity index (χ1) is 8.22. The minimum Gasteiger partial charge on any atom is -0.369 e. The normalized spacial score (nSPS) is 22.5. The lowest BCUT2D eigenvalue weighted by molar-refractivity contribution is 0.485. The summed E-state index contributed by atoms with van der Waals surface area (Å²) in [6.45, 7) is 5.65. The van der Waals surface area contributed by atoms with Gasteiger partial charge in [0.25, 0.3) is 0 Å². The minimum absolute atomic E-state index is 0.183. The van der Waals surface area contributed by atoms with Crippen molar-refractivity contribution < 1.29 is 0 Å². The van der Waals surface area contributed by atoms with Gasteiger partial charge in [0.2, 0.25) is 0 Å². The van der Waals surface area contributed by atoms with Gasteiger partial charge >= 0.3 is 0 Å². The molecular formula is C15H24N2. The van der Waals surface area contributed by atoms with Crippen molar-refractivity contribution in [2.24, 2.45) is 5.73 Å². The van der Waals surface area contributed by atoms with Gasteiger partial charge in [-0.3, -0.25) is 0 Å². The highest BCUT2D eigenvalue weighted by molar-refractivity contribution is 5.49. The molecule has 0 spiro atoms. The largest absolute Gasteiger partial charge is 0.369 e. The van der Waals surface area contributed by atoms with Gasteiger partial charge in [-0.15, -0.1) is 0 Å². The van der Waals surface area contributed by atoms with E-state index in [1.165, 1.54) is 37.1 Å². The van der Waals surface area contributed by atoms with Crippen LogP contribution in [0.3, 0.4) is 0 Å². The third kappa shape index (κ3) is 2.81. The molecule has 2 N–H and O–H groups in total. The summed E-state index contributed by atoms with van der Waals surface area (Å²) >= 11 is 0. The van der Waals surface area contributed by atoms with Gasteiger partial charge in [0.15, 0.2) is 0 Å². The molecule has 2 rings (SSSR count). The Labute approximate surface area is 105 Å². The van der Waals surface area contributed by atoms with Crippen LogP contribution >= 0.6 is 0 Å². The Morgan fingerprint density at radius 3 is 2.59 bits per heavy atom. The Morgan fingerprint density at radius 2 is 2.00 bits per heavy atom. The third-order valence-electron chi connectivity index (χ3n) is 3.90. The highest BCUT2D eigenvalue weighted by atomic mass is 15.2. The molecule has 0 amide bonds. The SMILES string of the molecule is CC[C@@H](N)c1ccc(N2CCCCC2C)cc1. The zero-order valence-corrected chi connectivity index (χ0v) is 11.0. The summed E-state index contributed by atoms with van der Waals surface area (Å²) in [5, 5.41) is 0. The van der Waals surface area contributed by atoms with E-state index in [9.17, 15) is 0 Å². The molecule has 94 valence electrons. The predicted molar refractivity (Wildman–Crippen MR) is 74.3 cm³/mol. The first-order valence-corrected chi connectivity index (χ1v) is 6.84. The maximum Gasteiger partial charge on any atom is 0.0368 e. The van der Waals surface area contributed by atoms with E-state index < -0.39 is 0 Å². The summed E-state index contributed by atoms with van der Waals surface area (Å²) in [5.74, 6) is 0. The Bertz CT molecular complexity index is 344. The van der Waals surface area contributed by atoms with Crippen LogP contribution < -0.4 is 10.6 Å². The number of piperidine rings is 1. The van der Waals surface area contributed by atoms with Crippen LogP contribution in [0, 0.1) is 0 Å². The van der Waals surface area contributed by atoms with Gasteiger partial charge in [-0.25, -0.2) is 0 Å². The second kappa shape index (κ2) is 5.54. The fraction of sp³-hybridized carbons (Fsp3) is 0.600. The molecule has 0 aromatic heterocycles. The van der Waals surface area contributed by atoms with E-state index in [0.29, 0.717) is 6.04 Å². The van der Waals surface area contributed by atoms with Gasteiger partial charge in [-0.2, -0.15) is 0 Å². The Hall–Kier alpha value is -1.02. The summed E-state index contributed by atoms with van der Waals surface area (Å²) < 4.78 is 0. The summed E-state index contributed by atoms with van der Waals surface area (Å²) in [7, 11) is 0. The lowest BCUT2D eigenvalue weighted by Gasteiger charge is -2.35. The lowest BCUT2D eigenvalue weighted by Crippen LogP contribution is -2.37. The van der Waals surface area contributed by atoms with E-state index in [-0.39, 0.29) is 6.04 Å². The molecule has 2 nitrogen and oxygen atoms in total. The van der Waals surface area contributed by atoms with E-state index in [0.717, 1.165) is 6.42 Å². The molecule has 1 fully saturated rings. The number of anilines is 1. The highest BCUT2D eigenvalue weighted by Gasteiger charge is 2.18. The van der Waals surface area contributed by atoms with E-state index in [1.807, 2.05) is 0 Å². The maximum absolute atomic E-state index is 6.04. The summed E-state index contributed by atoms with van der Waals surface area (Å²) in [6, 6.07) is 9.69. The van der Waals surface area contributed by atoms with Gasteiger partial charge in [0.1, 0.15) is 0 Å². The van der Waals surface area contributed by atoms with Crippen molar-refractivity contribution in [2.75, 3.05) is 11.4 Å². The average molecular weight is 232 g/mol. The van der Waals surface area contributed by atoms with Gasteiger partial charge in [0.05, 0.1) is 0 Å². The second-order valence-electron chi connectivity index (χ2n) is 5.14. The van der Waals surface area contributed by atoms with Gasteiger partial charge < -0.3 is 10.6 Å². The topological polar surface area (TPSA) is 29.3 Å². The van der Waals surface area contributed by atoms with E-state index in [2.05, 4.69) is 43.0 Å². The third-order valence-corrected chi connectivity index (χ3v) is 3.90. The number of benzene rings is 1. The number of rotatable bonds is 3. The predicted octanol–water partition coefficient (Wildman–Crippen LogP) is 3.48. The number of hydrogen-bond donors (Lipinski definition) is 1. The molecule has 1 heterocycles. The molecule has 0 saturated carbocycles. The first kappa shape index (κ1) is 12.4. The van der Waals surface area contributed by atoms with Crippen LogP contribution in [-0.2, 0) is 0 Å². The molecule has 0 bridgehead atoms. The Kier molecular flexibility index (Phi) is 4.06. The molecule has 1 saturated heterocycles. The van der Waals surface area contributed by atoms with Gasteiger partial charge in [-0.1, -0.05) is 19.1 Å². The molecule has 17 heavy (non-hydrogen) atoms. The van der Waals surface area contributed by atoms with E-state index in [1.54, 1.807) is 0 Å². The Balaban J connectivity index is 2.11. The van der Waals surface area contributed by atoms with Crippen molar-refractivity contribution in [1.29, 1.82) is 0 Å². The minimum atomic E-state index is 0.183. The standard InChI is InChI=1S/C15H24N2/c1-3-15(16)13-7-9-14(10-8-13)17-11-5-4-6-12(17)2/h7-10,12,15H,3-6,11,16H2,1-2H3/t12?,15-/m1/s1. The lowest BCUT2D eigenvalue weighted by atomic mass is 10.0. The summed E-state index contributed by atoms with van der Waals surface area (Å²) in [6.07, 6.45) is 5.01. The Morgan fingerprint density at radius 1 is 1.29 bits per heavy atom. The van der Waals surface area contributed by atoms with E-state index in [4.69, 9.17) is 5.73 Å². The fourth-order valence-electron chi connectivity index (χ4n) is 2.63. The van der Waals surface area contributed by atoms with Crippen LogP contribution in [-0.4, -0.2) is 12.6 Å². The number of hydrogen-bond acceptors (Lipinski definition) is 2. The van der Waals surface area contributed by atoms with Gasteiger partial charge in [0, 0.05) is 24.3 Å². The monoisotopic (exact) mass is 232 g/mol. The van der Waals surface area contributed by atoms with Crippen molar-refractivity contribution in [3.05, 3.63) is 29.8 Å². The van der Waals surface area contributed by atoms with Crippen LogP contribution in [0.5, 0.6) is 0 Å². The van der Waals surface area contributed by atoms with Crippen LogP contribution in [0.2, 0.25) is 0 Å². The molecular weight excluding hydrogens is 208 g/mol. The van der Waals surface area contributed by atoms with Crippen LogP contribution in [0.25, 0.3) is 0 Å². The van der Waals surface area contributed by atoms with Crippen molar-refractivity contribution in [2.45, 2.75) is 51.6 Å². The smallest absolute Gasteiger partial charge is 0.0368 e. The maximum atomic E-state index is 6.04. The van der Waals surface area contributed by atoms with Crippen molar-refractivity contribution >= 4 is 5.69 Å². The molecule has 1 unspecified atom stereocenters. The first-order valence-electron chi connectivity index (χ1n) is 6.84. The van der Waals surface area contributed by atoms with Crippen LogP contribution in [0.1, 0.15) is 51.1 Å². The van der Waals surface area contributed by atoms with Crippen molar-refractivity contribution in [3.63, 3.8) is 0 Å². The molecule has 1 aromatic carbocycles. The molecule has 2 heteroatoms. The molecule has 0 aliphatic carbocycles. The highest BCUT2D eigenvalue weighted by Crippen LogP contribution is 2.26. The molecule has 2 atom stereocenters. The zero-order chi connectivity index (χ0) is 12.3. The van der Waals surface area contributed by atoms with Crippen LogP contribution in [0.4, 0.5) is 5.69 Å². The second-order valence-corrected chi connectivity index (χ2v) is 5.14. The molecule has 1 aliphatic heterocycles. The summed E-state index contributed by atoms with van der Waals surface area (Å²) in [4.78, 5) is 2.52. The molecule has 0 radical (unpaired) electrons. The van der Waals surface area contributed by atoms with E-state index >= 15 is 0 Å². The number of nitrogens with two attached hydrogens (primary N) is 1. The molecule has 1 aromatic rings. The van der Waals surface area contributed by atoms with Crippen molar-refractivity contribution in [3.8, 4) is 0 Å². The average Bonchev–Trinajstić information content (AvgIpc) is 2.39. The summed E-state index contributed by atoms with van der Waals surface area (Å²) in [5.41, 5.74) is 8.64. The van der Waals surface area contributed by atoms with Crippen LogP contribution in [0.15, 0.2) is 24.3 Å². The van der Waals surface area contributed by atoms with Gasteiger partial charge in [-0.05, 0) is 50.3 Å².